The molecule has 4 nitrogen and oxygen atoms in total. The molecule has 0 N–H and O–H groups in total. The van der Waals surface area contributed by atoms with Gasteiger partial charge in [0.2, 0.25) is 0 Å². The molecule has 0 bridgehead atoms. The van der Waals surface area contributed by atoms with E-state index in [1.807, 2.05) is 13.8 Å². The van der Waals surface area contributed by atoms with E-state index in [4.69, 9.17) is 11.6 Å². The van der Waals surface area contributed by atoms with Crippen LogP contribution in [-0.2, 0) is 6.42 Å². The molecule has 0 saturated carbocycles. The topological polar surface area (TPSA) is 43.2 Å². The van der Waals surface area contributed by atoms with Gasteiger partial charge in [0.25, 0.3) is 0 Å². The van der Waals surface area contributed by atoms with E-state index in [9.17, 15) is 5.26 Å². The summed E-state index contributed by atoms with van der Waals surface area (Å²) in [4.78, 5) is 9.29. The Morgan fingerprint density at radius 3 is 2.44 bits per heavy atom. The van der Waals surface area contributed by atoms with Crippen molar-refractivity contribution < 1.29 is 0 Å². The number of nitriles is 1. The van der Waals surface area contributed by atoms with E-state index < -0.39 is 0 Å². The van der Waals surface area contributed by atoms with Gasteiger partial charge in [0.05, 0.1) is 16.3 Å². The normalized spacial score (nSPS) is 15.2. The average Bonchev–Trinajstić information content (AvgIpc) is 2.65. The summed E-state index contributed by atoms with van der Waals surface area (Å²) in [6.07, 6.45) is 1.07. The number of hydrogen-bond donors (Lipinski definition) is 0. The Hall–Kier alpha value is -2.09. The summed E-state index contributed by atoms with van der Waals surface area (Å²) in [5.41, 5.74) is 3.61. The minimum absolute atomic E-state index is 0.599. The van der Waals surface area contributed by atoms with E-state index in [1.54, 1.807) is 0 Å². The summed E-state index contributed by atoms with van der Waals surface area (Å²) in [6.45, 7) is 8.61. The predicted octanol–water partition coefficient (Wildman–Crippen LogP) is 3.59. The fourth-order valence-electron chi connectivity index (χ4n) is 3.29. The maximum Gasteiger partial charge on any atom is 0.147 e. The van der Waals surface area contributed by atoms with Crippen molar-refractivity contribution in [2.75, 3.05) is 37.6 Å². The second-order valence-electron chi connectivity index (χ2n) is 6.51. The number of aromatic nitrogens is 1. The van der Waals surface area contributed by atoms with E-state index in [2.05, 4.69) is 51.2 Å². The number of pyridine rings is 1. The first-order valence-electron chi connectivity index (χ1n) is 8.68. The van der Waals surface area contributed by atoms with Gasteiger partial charge in [-0.1, -0.05) is 41.9 Å². The highest BCUT2D eigenvalue weighted by Gasteiger charge is 2.23. The first kappa shape index (κ1) is 17.7. The number of aryl methyl sites for hydroxylation is 1. The van der Waals surface area contributed by atoms with E-state index >= 15 is 0 Å². The zero-order valence-electron chi connectivity index (χ0n) is 14.8. The molecule has 0 amide bonds. The largest absolute Gasteiger partial charge is 0.353 e. The van der Waals surface area contributed by atoms with Gasteiger partial charge in [0.1, 0.15) is 11.9 Å². The fraction of sp³-hybridized carbons (Fsp3) is 0.400. The minimum atomic E-state index is 0.599. The number of anilines is 1. The van der Waals surface area contributed by atoms with Crippen LogP contribution in [0.1, 0.15) is 22.4 Å². The Kier molecular flexibility index (Phi) is 5.57. The monoisotopic (exact) mass is 354 g/mol. The lowest BCUT2D eigenvalue weighted by molar-refractivity contribution is 0.260. The van der Waals surface area contributed by atoms with Gasteiger partial charge in [-0.05, 0) is 31.4 Å². The van der Waals surface area contributed by atoms with Crippen LogP contribution in [0.3, 0.4) is 0 Å². The molecule has 2 heterocycles. The molecule has 1 aromatic heterocycles. The summed E-state index contributed by atoms with van der Waals surface area (Å²) < 4.78 is 0. The number of nitrogens with zero attached hydrogens (tertiary/aromatic N) is 4. The quantitative estimate of drug-likeness (QED) is 0.841. The standard InChI is InChI=1S/C20H23ClN4/c1-15-18(14-22)20(23-16(2)19(15)21)25-12-10-24(11-13-25)9-8-17-6-4-3-5-7-17/h3-7H,8-13H2,1-2H3. The number of benzene rings is 1. The van der Waals surface area contributed by atoms with E-state index in [1.165, 1.54) is 5.56 Å². The van der Waals surface area contributed by atoms with E-state index in [0.717, 1.165) is 56.2 Å². The molecular weight excluding hydrogens is 332 g/mol. The van der Waals surface area contributed by atoms with Gasteiger partial charge in [-0.15, -0.1) is 0 Å². The third-order valence-electron chi connectivity index (χ3n) is 4.86. The molecule has 0 radical (unpaired) electrons. The van der Waals surface area contributed by atoms with Crippen LogP contribution >= 0.6 is 11.6 Å². The summed E-state index contributed by atoms with van der Waals surface area (Å²) in [5.74, 6) is 0.782. The predicted molar refractivity (Wildman–Crippen MR) is 102 cm³/mol. The second kappa shape index (κ2) is 7.86. The van der Waals surface area contributed by atoms with Crippen LogP contribution < -0.4 is 4.90 Å². The van der Waals surface area contributed by atoms with Crippen LogP contribution in [0.2, 0.25) is 5.02 Å². The highest BCUT2D eigenvalue weighted by atomic mass is 35.5. The molecule has 0 unspecified atom stereocenters. The van der Waals surface area contributed by atoms with Crippen molar-refractivity contribution in [2.45, 2.75) is 20.3 Å². The molecule has 1 aliphatic heterocycles. The van der Waals surface area contributed by atoms with Gasteiger partial charge in [-0.25, -0.2) is 4.98 Å². The average molecular weight is 355 g/mol. The van der Waals surface area contributed by atoms with E-state index in [-0.39, 0.29) is 0 Å². The molecule has 130 valence electrons. The van der Waals surface area contributed by atoms with Gasteiger partial charge >= 0.3 is 0 Å². The zero-order chi connectivity index (χ0) is 17.8. The van der Waals surface area contributed by atoms with Gasteiger partial charge in [-0.3, -0.25) is 4.90 Å². The Bertz CT molecular complexity index is 775. The van der Waals surface area contributed by atoms with Gasteiger partial charge in [-0.2, -0.15) is 5.26 Å². The maximum atomic E-state index is 9.52. The number of halogens is 1. The summed E-state index contributed by atoms with van der Waals surface area (Å²) in [7, 11) is 0. The van der Waals surface area contributed by atoms with Crippen molar-refractivity contribution in [3.63, 3.8) is 0 Å². The highest BCUT2D eigenvalue weighted by molar-refractivity contribution is 6.32. The van der Waals surface area contributed by atoms with Crippen molar-refractivity contribution in [1.82, 2.24) is 9.88 Å². The third-order valence-corrected chi connectivity index (χ3v) is 5.42. The second-order valence-corrected chi connectivity index (χ2v) is 6.89. The molecule has 2 aromatic rings. The molecule has 1 aliphatic rings. The van der Waals surface area contributed by atoms with Crippen LogP contribution in [0.5, 0.6) is 0 Å². The van der Waals surface area contributed by atoms with Crippen LogP contribution in [0.15, 0.2) is 30.3 Å². The Morgan fingerprint density at radius 1 is 1.12 bits per heavy atom. The third kappa shape index (κ3) is 3.95. The van der Waals surface area contributed by atoms with Crippen molar-refractivity contribution >= 4 is 17.4 Å². The molecule has 1 fully saturated rings. The van der Waals surface area contributed by atoms with Crippen LogP contribution in [-0.4, -0.2) is 42.6 Å². The van der Waals surface area contributed by atoms with Crippen LogP contribution in [0.4, 0.5) is 5.82 Å². The molecular formula is C20H23ClN4. The SMILES string of the molecule is Cc1nc(N2CCN(CCc3ccccc3)CC2)c(C#N)c(C)c1Cl. The molecule has 3 rings (SSSR count). The number of hydrogen-bond acceptors (Lipinski definition) is 4. The molecule has 1 saturated heterocycles. The summed E-state index contributed by atoms with van der Waals surface area (Å²) >= 11 is 6.25. The maximum absolute atomic E-state index is 9.52. The number of piperazine rings is 1. The lowest BCUT2D eigenvalue weighted by atomic mass is 10.1. The first-order valence-corrected chi connectivity index (χ1v) is 9.06. The fourth-order valence-corrected chi connectivity index (χ4v) is 3.43. The molecule has 25 heavy (non-hydrogen) atoms. The smallest absolute Gasteiger partial charge is 0.147 e. The minimum Gasteiger partial charge on any atom is -0.353 e. The molecule has 0 aliphatic carbocycles. The Balaban J connectivity index is 1.64. The lowest BCUT2D eigenvalue weighted by Crippen LogP contribution is -2.47. The molecule has 0 atom stereocenters. The first-order chi connectivity index (χ1) is 12.1. The van der Waals surface area contributed by atoms with Crippen LogP contribution in [0, 0.1) is 25.2 Å². The van der Waals surface area contributed by atoms with Gasteiger partial charge < -0.3 is 4.90 Å². The van der Waals surface area contributed by atoms with Gasteiger partial charge in [0.15, 0.2) is 0 Å². The molecule has 5 heteroatoms. The Morgan fingerprint density at radius 2 is 1.80 bits per heavy atom. The van der Waals surface area contributed by atoms with Crippen LogP contribution in [0.25, 0.3) is 0 Å². The molecule has 1 aromatic carbocycles. The summed E-state index contributed by atoms with van der Waals surface area (Å²) in [5, 5.41) is 10.1. The lowest BCUT2D eigenvalue weighted by Gasteiger charge is -2.36. The van der Waals surface area contributed by atoms with Crippen molar-refractivity contribution in [2.24, 2.45) is 0 Å². The summed E-state index contributed by atoms with van der Waals surface area (Å²) in [6, 6.07) is 12.9. The number of rotatable bonds is 4. The zero-order valence-corrected chi connectivity index (χ0v) is 15.6. The van der Waals surface area contributed by atoms with Gasteiger partial charge in [0, 0.05) is 32.7 Å². The highest BCUT2D eigenvalue weighted by Crippen LogP contribution is 2.29. The van der Waals surface area contributed by atoms with Crippen molar-refractivity contribution in [3.8, 4) is 6.07 Å². The molecule has 0 spiro atoms. The van der Waals surface area contributed by atoms with Crippen molar-refractivity contribution in [1.29, 1.82) is 5.26 Å². The Labute approximate surface area is 154 Å². The van der Waals surface area contributed by atoms with E-state index in [0.29, 0.717) is 10.6 Å². The van der Waals surface area contributed by atoms with Crippen molar-refractivity contribution in [3.05, 3.63) is 57.7 Å².